The highest BCUT2D eigenvalue weighted by Gasteiger charge is 2.38. The summed E-state index contributed by atoms with van der Waals surface area (Å²) in [5.41, 5.74) is 0.455. The second-order valence-electron chi connectivity index (χ2n) is 7.06. The minimum atomic E-state index is 0.455. The summed E-state index contributed by atoms with van der Waals surface area (Å²) < 4.78 is 5.50. The van der Waals surface area contributed by atoms with Crippen LogP contribution in [0.5, 0.6) is 0 Å². The van der Waals surface area contributed by atoms with E-state index >= 15 is 0 Å². The predicted molar refractivity (Wildman–Crippen MR) is 78.4 cm³/mol. The Hall–Kier alpha value is -0.120. The molecule has 0 aromatic rings. The molecule has 2 unspecified atom stereocenters. The molecule has 1 aliphatic carbocycles. The predicted octanol–water partition coefficient (Wildman–Crippen LogP) is 2.41. The molecule has 0 radical (unpaired) electrons. The number of hydrogen-bond donors (Lipinski definition) is 1. The number of nitrogens with zero attached hydrogens (tertiary/aromatic N) is 1. The van der Waals surface area contributed by atoms with Gasteiger partial charge in [-0.05, 0) is 45.1 Å². The van der Waals surface area contributed by atoms with Crippen molar-refractivity contribution in [2.75, 3.05) is 32.8 Å². The zero-order chi connectivity index (χ0) is 13.1. The summed E-state index contributed by atoms with van der Waals surface area (Å²) in [7, 11) is 0. The van der Waals surface area contributed by atoms with Gasteiger partial charge < -0.3 is 10.1 Å². The molecule has 3 rings (SSSR count). The number of ether oxygens (including phenoxy) is 1. The fourth-order valence-electron chi connectivity index (χ4n) is 4.12. The normalized spacial score (nSPS) is 35.8. The topological polar surface area (TPSA) is 24.5 Å². The summed E-state index contributed by atoms with van der Waals surface area (Å²) >= 11 is 0. The molecule has 1 saturated carbocycles. The van der Waals surface area contributed by atoms with Gasteiger partial charge in [0.05, 0.1) is 0 Å². The lowest BCUT2D eigenvalue weighted by atomic mass is 9.79. The standard InChI is InChI=1S/C16H30N2O/c1-14-11-17-16(7-3-2-4-8-16)13-18(14)9-5-15-6-10-19-12-15/h14-15,17H,2-13H2,1H3. The van der Waals surface area contributed by atoms with Gasteiger partial charge in [0, 0.05) is 37.9 Å². The zero-order valence-electron chi connectivity index (χ0n) is 12.5. The molecule has 1 N–H and O–H groups in total. The van der Waals surface area contributed by atoms with Gasteiger partial charge in [-0.1, -0.05) is 19.3 Å². The van der Waals surface area contributed by atoms with Crippen LogP contribution >= 0.6 is 0 Å². The van der Waals surface area contributed by atoms with Crippen LogP contribution in [0.15, 0.2) is 0 Å². The lowest BCUT2D eigenvalue weighted by Crippen LogP contribution is -2.64. The molecule has 3 fully saturated rings. The third-order valence-electron chi connectivity index (χ3n) is 5.56. The van der Waals surface area contributed by atoms with Gasteiger partial charge in [-0.15, -0.1) is 0 Å². The second kappa shape index (κ2) is 6.11. The van der Waals surface area contributed by atoms with E-state index < -0.39 is 0 Å². The van der Waals surface area contributed by atoms with E-state index in [1.54, 1.807) is 0 Å². The molecule has 2 atom stereocenters. The van der Waals surface area contributed by atoms with Gasteiger partial charge in [-0.25, -0.2) is 0 Å². The highest BCUT2D eigenvalue weighted by atomic mass is 16.5. The van der Waals surface area contributed by atoms with Crippen LogP contribution in [0.2, 0.25) is 0 Å². The van der Waals surface area contributed by atoms with Crippen LogP contribution in [0.3, 0.4) is 0 Å². The van der Waals surface area contributed by atoms with Gasteiger partial charge in [0.15, 0.2) is 0 Å². The van der Waals surface area contributed by atoms with Crippen LogP contribution in [0.25, 0.3) is 0 Å². The first-order chi connectivity index (χ1) is 9.27. The average molecular weight is 266 g/mol. The molecular weight excluding hydrogens is 236 g/mol. The van der Waals surface area contributed by atoms with E-state index in [1.807, 2.05) is 0 Å². The smallest absolute Gasteiger partial charge is 0.0495 e. The Labute approximate surface area is 118 Å². The maximum atomic E-state index is 5.50. The van der Waals surface area contributed by atoms with Crippen LogP contribution in [0, 0.1) is 5.92 Å². The van der Waals surface area contributed by atoms with E-state index in [4.69, 9.17) is 4.74 Å². The van der Waals surface area contributed by atoms with E-state index in [-0.39, 0.29) is 0 Å². The molecule has 3 aliphatic rings. The molecule has 2 heterocycles. The van der Waals surface area contributed by atoms with E-state index in [0.717, 1.165) is 19.1 Å². The molecule has 0 aromatic heterocycles. The minimum Gasteiger partial charge on any atom is -0.381 e. The summed E-state index contributed by atoms with van der Waals surface area (Å²) in [6, 6.07) is 0.704. The number of rotatable bonds is 3. The average Bonchev–Trinajstić information content (AvgIpc) is 2.94. The molecule has 2 saturated heterocycles. The summed E-state index contributed by atoms with van der Waals surface area (Å²) in [5.74, 6) is 0.824. The van der Waals surface area contributed by atoms with Crippen molar-refractivity contribution in [2.45, 2.75) is 63.5 Å². The van der Waals surface area contributed by atoms with Gasteiger partial charge in [-0.2, -0.15) is 0 Å². The van der Waals surface area contributed by atoms with Crippen LogP contribution < -0.4 is 5.32 Å². The molecule has 3 nitrogen and oxygen atoms in total. The fourth-order valence-corrected chi connectivity index (χ4v) is 4.12. The first kappa shape index (κ1) is 13.8. The van der Waals surface area contributed by atoms with Crippen LogP contribution in [-0.2, 0) is 4.74 Å². The Kier molecular flexibility index (Phi) is 4.45. The third kappa shape index (κ3) is 3.32. The zero-order valence-corrected chi connectivity index (χ0v) is 12.5. The van der Waals surface area contributed by atoms with Crippen molar-refractivity contribution < 1.29 is 4.74 Å². The second-order valence-corrected chi connectivity index (χ2v) is 7.06. The Balaban J connectivity index is 1.53. The Morgan fingerprint density at radius 2 is 2.11 bits per heavy atom. The van der Waals surface area contributed by atoms with E-state index in [9.17, 15) is 0 Å². The minimum absolute atomic E-state index is 0.455. The van der Waals surface area contributed by atoms with Crippen molar-refractivity contribution in [3.05, 3.63) is 0 Å². The first-order valence-corrected chi connectivity index (χ1v) is 8.34. The number of nitrogens with one attached hydrogen (secondary N) is 1. The van der Waals surface area contributed by atoms with Crippen LogP contribution in [0.1, 0.15) is 51.9 Å². The molecule has 0 aromatic carbocycles. The van der Waals surface area contributed by atoms with E-state index in [1.165, 1.54) is 64.6 Å². The van der Waals surface area contributed by atoms with Crippen molar-refractivity contribution in [3.8, 4) is 0 Å². The highest BCUT2D eigenvalue weighted by molar-refractivity contribution is 4.98. The van der Waals surface area contributed by atoms with Crippen molar-refractivity contribution in [1.82, 2.24) is 10.2 Å². The molecule has 3 heteroatoms. The van der Waals surface area contributed by atoms with Crippen molar-refractivity contribution in [1.29, 1.82) is 0 Å². The summed E-state index contributed by atoms with van der Waals surface area (Å²) in [4.78, 5) is 2.75. The highest BCUT2D eigenvalue weighted by Crippen LogP contribution is 2.32. The molecule has 0 amide bonds. The van der Waals surface area contributed by atoms with Crippen molar-refractivity contribution in [3.63, 3.8) is 0 Å². The Bertz CT molecular complexity index is 282. The summed E-state index contributed by atoms with van der Waals surface area (Å²) in [6.45, 7) is 8.12. The molecule has 1 spiro atoms. The van der Waals surface area contributed by atoms with Gasteiger partial charge in [-0.3, -0.25) is 4.90 Å². The van der Waals surface area contributed by atoms with Crippen molar-refractivity contribution >= 4 is 0 Å². The maximum absolute atomic E-state index is 5.50. The van der Waals surface area contributed by atoms with Crippen LogP contribution in [-0.4, -0.2) is 49.3 Å². The van der Waals surface area contributed by atoms with Crippen LogP contribution in [0.4, 0.5) is 0 Å². The van der Waals surface area contributed by atoms with E-state index in [2.05, 4.69) is 17.1 Å². The van der Waals surface area contributed by atoms with Crippen molar-refractivity contribution in [2.24, 2.45) is 5.92 Å². The van der Waals surface area contributed by atoms with Gasteiger partial charge >= 0.3 is 0 Å². The van der Waals surface area contributed by atoms with Gasteiger partial charge in [0.1, 0.15) is 0 Å². The molecule has 19 heavy (non-hydrogen) atoms. The summed E-state index contributed by atoms with van der Waals surface area (Å²) in [6.07, 6.45) is 9.69. The number of piperazine rings is 1. The molecule has 110 valence electrons. The Morgan fingerprint density at radius 1 is 1.26 bits per heavy atom. The molecule has 0 bridgehead atoms. The van der Waals surface area contributed by atoms with E-state index in [0.29, 0.717) is 11.6 Å². The lowest BCUT2D eigenvalue weighted by molar-refractivity contribution is 0.0579. The first-order valence-electron chi connectivity index (χ1n) is 8.34. The quantitative estimate of drug-likeness (QED) is 0.849. The largest absolute Gasteiger partial charge is 0.381 e. The Morgan fingerprint density at radius 3 is 2.84 bits per heavy atom. The lowest BCUT2D eigenvalue weighted by Gasteiger charge is -2.49. The third-order valence-corrected chi connectivity index (χ3v) is 5.56. The SMILES string of the molecule is CC1CNC2(CCCCC2)CN1CCC1CCOC1. The summed E-state index contributed by atoms with van der Waals surface area (Å²) in [5, 5.41) is 3.88. The van der Waals surface area contributed by atoms with Gasteiger partial charge in [0.25, 0.3) is 0 Å². The number of hydrogen-bond acceptors (Lipinski definition) is 3. The molecule has 2 aliphatic heterocycles. The fraction of sp³-hybridized carbons (Fsp3) is 1.00. The monoisotopic (exact) mass is 266 g/mol. The molecular formula is C16H30N2O. The maximum Gasteiger partial charge on any atom is 0.0495 e. The van der Waals surface area contributed by atoms with Gasteiger partial charge in [0.2, 0.25) is 0 Å².